The summed E-state index contributed by atoms with van der Waals surface area (Å²) in [7, 11) is 0. The number of nitro groups is 1. The fourth-order valence-corrected chi connectivity index (χ4v) is 1.28. The number of nitrogens with zero attached hydrogens (tertiary/aromatic N) is 2. The molecule has 0 amide bonds. The van der Waals surface area contributed by atoms with Crippen molar-refractivity contribution in [2.24, 2.45) is 0 Å². The maximum Gasteiger partial charge on any atom is 0.325 e. The van der Waals surface area contributed by atoms with E-state index in [1.54, 1.807) is 6.92 Å². The first kappa shape index (κ1) is 13.4. The van der Waals surface area contributed by atoms with Crippen molar-refractivity contribution in [3.8, 4) is 6.07 Å². The summed E-state index contributed by atoms with van der Waals surface area (Å²) in [5.74, 6) is -0.504. The molecular weight excluding hydrogens is 238 g/mol. The Morgan fingerprint density at radius 1 is 1.61 bits per heavy atom. The quantitative estimate of drug-likeness (QED) is 0.481. The number of nitrogens with one attached hydrogen (secondary N) is 1. The fourth-order valence-electron chi connectivity index (χ4n) is 1.28. The van der Waals surface area contributed by atoms with E-state index in [0.29, 0.717) is 0 Å². The third kappa shape index (κ3) is 3.45. The number of hydrogen-bond donors (Lipinski definition) is 1. The van der Waals surface area contributed by atoms with E-state index in [1.165, 1.54) is 12.1 Å². The molecule has 94 valence electrons. The fraction of sp³-hybridized carbons (Fsp3) is 0.273. The molecule has 1 aromatic rings. The van der Waals surface area contributed by atoms with E-state index in [4.69, 9.17) is 5.26 Å². The van der Waals surface area contributed by atoms with Crippen LogP contribution in [0.4, 0.5) is 11.4 Å². The van der Waals surface area contributed by atoms with Crippen molar-refractivity contribution in [1.29, 1.82) is 5.26 Å². The number of benzene rings is 1. The molecule has 0 radical (unpaired) electrons. The minimum Gasteiger partial charge on any atom is -0.465 e. The normalized spacial score (nSPS) is 9.33. The Morgan fingerprint density at radius 2 is 2.33 bits per heavy atom. The van der Waals surface area contributed by atoms with Gasteiger partial charge in [-0.15, -0.1) is 0 Å². The molecule has 0 saturated heterocycles. The highest BCUT2D eigenvalue weighted by atomic mass is 16.6. The molecule has 0 bridgehead atoms. The number of carbonyl (C=O) groups excluding carboxylic acids is 1. The Balaban J connectivity index is 2.86. The highest BCUT2D eigenvalue weighted by Crippen LogP contribution is 2.25. The van der Waals surface area contributed by atoms with Gasteiger partial charge < -0.3 is 10.1 Å². The monoisotopic (exact) mass is 249 g/mol. The van der Waals surface area contributed by atoms with Gasteiger partial charge in [-0.3, -0.25) is 14.9 Å². The van der Waals surface area contributed by atoms with E-state index >= 15 is 0 Å². The van der Waals surface area contributed by atoms with Crippen LogP contribution in [0.15, 0.2) is 18.2 Å². The van der Waals surface area contributed by atoms with Gasteiger partial charge in [-0.2, -0.15) is 5.26 Å². The molecule has 1 rings (SSSR count). The van der Waals surface area contributed by atoms with Gasteiger partial charge in [-0.1, -0.05) is 0 Å². The van der Waals surface area contributed by atoms with E-state index < -0.39 is 10.9 Å². The second-order valence-corrected chi connectivity index (χ2v) is 3.26. The van der Waals surface area contributed by atoms with E-state index in [-0.39, 0.29) is 30.1 Å². The summed E-state index contributed by atoms with van der Waals surface area (Å²) < 4.78 is 4.69. The van der Waals surface area contributed by atoms with E-state index in [9.17, 15) is 14.9 Å². The highest BCUT2D eigenvalue weighted by molar-refractivity contribution is 5.77. The molecule has 1 aromatic carbocycles. The Hall–Kier alpha value is -2.62. The van der Waals surface area contributed by atoms with Crippen LogP contribution in [0.3, 0.4) is 0 Å². The van der Waals surface area contributed by atoms with Gasteiger partial charge in [0.05, 0.1) is 23.2 Å². The molecule has 0 atom stereocenters. The smallest absolute Gasteiger partial charge is 0.325 e. The second-order valence-electron chi connectivity index (χ2n) is 3.26. The second kappa shape index (κ2) is 6.20. The van der Waals surface area contributed by atoms with Crippen LogP contribution in [0.1, 0.15) is 12.5 Å². The molecule has 0 heterocycles. The lowest BCUT2D eigenvalue weighted by atomic mass is 10.2. The summed E-state index contributed by atoms with van der Waals surface area (Å²) in [5, 5.41) is 22.1. The molecule has 18 heavy (non-hydrogen) atoms. The van der Waals surface area contributed by atoms with Crippen LogP contribution in [0.2, 0.25) is 0 Å². The summed E-state index contributed by atoms with van der Waals surface area (Å²) in [6.07, 6.45) is 0. The van der Waals surface area contributed by atoms with Gasteiger partial charge in [-0.05, 0) is 19.1 Å². The summed E-state index contributed by atoms with van der Waals surface area (Å²) in [6, 6.07) is 5.77. The largest absolute Gasteiger partial charge is 0.465 e. The summed E-state index contributed by atoms with van der Waals surface area (Å²) in [6.45, 7) is 1.75. The van der Waals surface area contributed by atoms with Crippen LogP contribution >= 0.6 is 0 Å². The van der Waals surface area contributed by atoms with Crippen molar-refractivity contribution in [2.75, 3.05) is 18.5 Å². The maximum atomic E-state index is 11.1. The number of hydrogen-bond acceptors (Lipinski definition) is 6. The Morgan fingerprint density at radius 3 is 2.89 bits per heavy atom. The molecule has 0 aliphatic carbocycles. The van der Waals surface area contributed by atoms with Gasteiger partial charge in [-0.25, -0.2) is 0 Å². The zero-order chi connectivity index (χ0) is 13.5. The zero-order valence-corrected chi connectivity index (χ0v) is 9.67. The zero-order valence-electron chi connectivity index (χ0n) is 9.67. The molecular formula is C11H11N3O4. The predicted octanol–water partition coefficient (Wildman–Crippen LogP) is 1.44. The Kier molecular flexibility index (Phi) is 4.63. The molecule has 0 aromatic heterocycles. The van der Waals surface area contributed by atoms with Gasteiger partial charge in [0, 0.05) is 6.07 Å². The summed E-state index contributed by atoms with van der Waals surface area (Å²) in [5.41, 5.74) is 0.105. The van der Waals surface area contributed by atoms with Crippen LogP contribution in [-0.2, 0) is 9.53 Å². The average molecular weight is 249 g/mol. The average Bonchev–Trinajstić information content (AvgIpc) is 2.36. The van der Waals surface area contributed by atoms with Crippen molar-refractivity contribution in [3.63, 3.8) is 0 Å². The molecule has 0 aliphatic heterocycles. The maximum absolute atomic E-state index is 11.1. The first-order valence-electron chi connectivity index (χ1n) is 5.16. The minimum absolute atomic E-state index is 0.166. The molecule has 0 spiro atoms. The first-order chi connectivity index (χ1) is 8.58. The van der Waals surface area contributed by atoms with Gasteiger partial charge in [0.2, 0.25) is 0 Å². The first-order valence-corrected chi connectivity index (χ1v) is 5.16. The van der Waals surface area contributed by atoms with Gasteiger partial charge >= 0.3 is 5.97 Å². The van der Waals surface area contributed by atoms with Crippen LogP contribution in [0.5, 0.6) is 0 Å². The van der Waals surface area contributed by atoms with Gasteiger partial charge in [0.1, 0.15) is 12.2 Å². The van der Waals surface area contributed by atoms with Crippen molar-refractivity contribution in [2.45, 2.75) is 6.92 Å². The molecule has 1 N–H and O–H groups in total. The number of nitriles is 1. The lowest BCUT2D eigenvalue weighted by molar-refractivity contribution is -0.384. The van der Waals surface area contributed by atoms with Gasteiger partial charge in [0.25, 0.3) is 5.69 Å². The number of esters is 1. The van der Waals surface area contributed by atoms with Gasteiger partial charge in [0.15, 0.2) is 0 Å². The standard InChI is InChI=1S/C11H11N3O4/c1-2-18-11(15)7-13-9-4-3-8(6-12)5-10(9)14(16)17/h3-5,13H,2,7H2,1H3. The van der Waals surface area contributed by atoms with E-state index in [1.807, 2.05) is 6.07 Å². The topological polar surface area (TPSA) is 105 Å². The number of rotatable bonds is 5. The van der Waals surface area contributed by atoms with Crippen molar-refractivity contribution in [3.05, 3.63) is 33.9 Å². The number of carbonyl (C=O) groups is 1. The Bertz CT molecular complexity index is 508. The SMILES string of the molecule is CCOC(=O)CNc1ccc(C#N)cc1[N+](=O)[O-]. The summed E-state index contributed by atoms with van der Waals surface area (Å²) >= 11 is 0. The predicted molar refractivity (Wildman–Crippen MR) is 62.9 cm³/mol. The van der Waals surface area contributed by atoms with Crippen LogP contribution in [0.25, 0.3) is 0 Å². The third-order valence-electron chi connectivity index (χ3n) is 2.05. The van der Waals surface area contributed by atoms with Crippen LogP contribution in [-0.4, -0.2) is 24.0 Å². The molecule has 0 aliphatic rings. The molecule has 7 heteroatoms. The summed E-state index contributed by atoms with van der Waals surface area (Å²) in [4.78, 5) is 21.3. The van der Waals surface area contributed by atoms with Crippen LogP contribution in [0, 0.1) is 21.4 Å². The molecule has 0 fully saturated rings. The molecule has 0 unspecified atom stereocenters. The van der Waals surface area contributed by atoms with Crippen molar-refractivity contribution >= 4 is 17.3 Å². The van der Waals surface area contributed by atoms with Crippen molar-refractivity contribution in [1.82, 2.24) is 0 Å². The number of nitro benzene ring substituents is 1. The molecule has 0 saturated carbocycles. The lowest BCUT2D eigenvalue weighted by Crippen LogP contribution is -2.17. The highest BCUT2D eigenvalue weighted by Gasteiger charge is 2.15. The van der Waals surface area contributed by atoms with Crippen LogP contribution < -0.4 is 5.32 Å². The third-order valence-corrected chi connectivity index (χ3v) is 2.05. The van der Waals surface area contributed by atoms with E-state index in [0.717, 1.165) is 6.07 Å². The Labute approximate surface area is 103 Å². The lowest BCUT2D eigenvalue weighted by Gasteiger charge is -2.06. The molecule has 7 nitrogen and oxygen atoms in total. The number of anilines is 1. The van der Waals surface area contributed by atoms with E-state index in [2.05, 4.69) is 10.1 Å². The van der Waals surface area contributed by atoms with Crippen molar-refractivity contribution < 1.29 is 14.5 Å². The number of ether oxygens (including phenoxy) is 1. The minimum atomic E-state index is -0.617.